The minimum absolute atomic E-state index is 0.320. The number of nitrogens with zero attached hydrogens (tertiary/aromatic N) is 1. The summed E-state index contributed by atoms with van der Waals surface area (Å²) < 4.78 is 6.67. The Morgan fingerprint density at radius 2 is 2.17 bits per heavy atom. The molecule has 1 aromatic rings. The highest BCUT2D eigenvalue weighted by molar-refractivity contribution is 5.02. The standard InChI is InChI=1S/C11H16N2O5/c1-5-3-13(11(17)12-9(5)16)10-6(2)8(15)7(4-14)18-10/h3,6-8,10,14-15H,4H2,1-2H3,(H,12,16,17). The van der Waals surface area contributed by atoms with Crippen molar-refractivity contribution >= 4 is 0 Å². The van der Waals surface area contributed by atoms with Gasteiger partial charge in [0.25, 0.3) is 5.56 Å². The maximum atomic E-state index is 11.7. The number of aromatic amines is 1. The van der Waals surface area contributed by atoms with Gasteiger partial charge in [-0.1, -0.05) is 6.92 Å². The lowest BCUT2D eigenvalue weighted by Crippen LogP contribution is -2.35. The Balaban J connectivity index is 2.42. The summed E-state index contributed by atoms with van der Waals surface area (Å²) in [7, 11) is 0. The Kier molecular flexibility index (Phi) is 3.38. The fourth-order valence-electron chi connectivity index (χ4n) is 2.14. The van der Waals surface area contributed by atoms with Crippen LogP contribution in [0.25, 0.3) is 0 Å². The zero-order chi connectivity index (χ0) is 13.4. The molecule has 0 bridgehead atoms. The summed E-state index contributed by atoms with van der Waals surface area (Å²) in [6, 6.07) is 0. The first-order valence-electron chi connectivity index (χ1n) is 5.72. The molecular weight excluding hydrogens is 240 g/mol. The summed E-state index contributed by atoms with van der Waals surface area (Å²) in [4.78, 5) is 25.2. The second-order valence-corrected chi connectivity index (χ2v) is 4.58. The van der Waals surface area contributed by atoms with Gasteiger partial charge in [-0.05, 0) is 6.92 Å². The molecule has 7 heteroatoms. The SMILES string of the molecule is Cc1cn(C2OC(CO)C(O)C2C)c(=O)[nH]c1=O. The molecule has 100 valence electrons. The molecule has 0 aromatic carbocycles. The normalized spacial score (nSPS) is 31.8. The first-order chi connectivity index (χ1) is 8.45. The number of aromatic nitrogens is 2. The first kappa shape index (κ1) is 13.0. The second-order valence-electron chi connectivity index (χ2n) is 4.58. The predicted octanol–water partition coefficient (Wildman–Crippen LogP) is -1.27. The zero-order valence-corrected chi connectivity index (χ0v) is 10.2. The average Bonchev–Trinajstić information content (AvgIpc) is 2.61. The molecule has 4 atom stereocenters. The van der Waals surface area contributed by atoms with Crippen LogP contribution in [0.3, 0.4) is 0 Å². The van der Waals surface area contributed by atoms with Crippen molar-refractivity contribution in [2.24, 2.45) is 5.92 Å². The Morgan fingerprint density at radius 3 is 2.72 bits per heavy atom. The van der Waals surface area contributed by atoms with Crippen molar-refractivity contribution in [1.82, 2.24) is 9.55 Å². The van der Waals surface area contributed by atoms with Crippen LogP contribution in [0.4, 0.5) is 0 Å². The number of ether oxygens (including phenoxy) is 1. The van der Waals surface area contributed by atoms with E-state index in [0.717, 1.165) is 0 Å². The minimum atomic E-state index is -0.848. The van der Waals surface area contributed by atoms with Crippen molar-refractivity contribution in [2.45, 2.75) is 32.3 Å². The molecule has 1 saturated heterocycles. The largest absolute Gasteiger partial charge is 0.394 e. The summed E-state index contributed by atoms with van der Waals surface area (Å²) in [5.74, 6) is -0.356. The molecule has 1 aliphatic heterocycles. The quantitative estimate of drug-likeness (QED) is 0.612. The lowest BCUT2D eigenvalue weighted by atomic mass is 10.0. The van der Waals surface area contributed by atoms with Gasteiger partial charge < -0.3 is 14.9 Å². The van der Waals surface area contributed by atoms with Crippen LogP contribution >= 0.6 is 0 Å². The number of nitrogens with one attached hydrogen (secondary N) is 1. The van der Waals surface area contributed by atoms with Crippen molar-refractivity contribution in [3.8, 4) is 0 Å². The van der Waals surface area contributed by atoms with Crippen LogP contribution in [0.2, 0.25) is 0 Å². The Morgan fingerprint density at radius 1 is 1.50 bits per heavy atom. The first-order valence-corrected chi connectivity index (χ1v) is 5.72. The van der Waals surface area contributed by atoms with E-state index in [2.05, 4.69) is 4.98 Å². The van der Waals surface area contributed by atoms with Gasteiger partial charge in [0, 0.05) is 17.7 Å². The van der Waals surface area contributed by atoms with Crippen LogP contribution in [0.5, 0.6) is 0 Å². The van der Waals surface area contributed by atoms with Gasteiger partial charge in [-0.2, -0.15) is 0 Å². The summed E-state index contributed by atoms with van der Waals surface area (Å²) in [6.07, 6.45) is -0.863. The number of aryl methyl sites for hydroxylation is 1. The topological polar surface area (TPSA) is 105 Å². The van der Waals surface area contributed by atoms with Gasteiger partial charge in [-0.15, -0.1) is 0 Å². The molecule has 0 spiro atoms. The highest BCUT2D eigenvalue weighted by Crippen LogP contribution is 2.33. The van der Waals surface area contributed by atoms with E-state index >= 15 is 0 Å². The third-order valence-electron chi connectivity index (χ3n) is 3.28. The predicted molar refractivity (Wildman–Crippen MR) is 62.2 cm³/mol. The summed E-state index contributed by atoms with van der Waals surface area (Å²) >= 11 is 0. The average molecular weight is 256 g/mol. The summed E-state index contributed by atoms with van der Waals surface area (Å²) in [6.45, 7) is 2.98. The fourth-order valence-corrected chi connectivity index (χ4v) is 2.14. The van der Waals surface area contributed by atoms with Crippen molar-refractivity contribution in [3.63, 3.8) is 0 Å². The molecular formula is C11H16N2O5. The highest BCUT2D eigenvalue weighted by atomic mass is 16.5. The molecule has 4 unspecified atom stereocenters. The molecule has 1 aromatic heterocycles. The molecule has 7 nitrogen and oxygen atoms in total. The Hall–Kier alpha value is -1.44. The lowest BCUT2D eigenvalue weighted by Gasteiger charge is -2.18. The fraction of sp³-hybridized carbons (Fsp3) is 0.636. The van der Waals surface area contributed by atoms with Crippen LogP contribution < -0.4 is 11.2 Å². The third-order valence-corrected chi connectivity index (χ3v) is 3.28. The summed E-state index contributed by atoms with van der Waals surface area (Å²) in [5.41, 5.74) is -0.651. The van der Waals surface area contributed by atoms with Crippen LogP contribution in [0, 0.1) is 12.8 Å². The van der Waals surface area contributed by atoms with E-state index < -0.39 is 29.7 Å². The van der Waals surface area contributed by atoms with E-state index in [0.29, 0.717) is 5.56 Å². The molecule has 3 N–H and O–H groups in total. The molecule has 2 heterocycles. The van der Waals surface area contributed by atoms with Gasteiger partial charge in [0.05, 0.1) is 12.7 Å². The van der Waals surface area contributed by atoms with Crippen LogP contribution in [-0.2, 0) is 4.74 Å². The molecule has 18 heavy (non-hydrogen) atoms. The number of H-pyrrole nitrogens is 1. The number of rotatable bonds is 2. The van der Waals surface area contributed by atoms with Gasteiger partial charge in [0.2, 0.25) is 0 Å². The zero-order valence-electron chi connectivity index (χ0n) is 10.2. The molecule has 0 saturated carbocycles. The van der Waals surface area contributed by atoms with Crippen molar-refractivity contribution in [3.05, 3.63) is 32.6 Å². The van der Waals surface area contributed by atoms with E-state index in [1.165, 1.54) is 10.8 Å². The highest BCUT2D eigenvalue weighted by Gasteiger charge is 2.41. The Labute approximate surface area is 103 Å². The minimum Gasteiger partial charge on any atom is -0.394 e. The number of aliphatic hydroxyl groups is 2. The van der Waals surface area contributed by atoms with E-state index in [9.17, 15) is 14.7 Å². The monoisotopic (exact) mass is 256 g/mol. The number of hydrogen-bond donors (Lipinski definition) is 3. The van der Waals surface area contributed by atoms with E-state index in [1.54, 1.807) is 13.8 Å². The molecule has 2 rings (SSSR count). The number of aliphatic hydroxyl groups excluding tert-OH is 2. The van der Waals surface area contributed by atoms with E-state index in [-0.39, 0.29) is 12.5 Å². The van der Waals surface area contributed by atoms with Gasteiger partial charge in [-0.3, -0.25) is 14.3 Å². The molecule has 0 amide bonds. The van der Waals surface area contributed by atoms with Crippen LogP contribution in [0.15, 0.2) is 15.8 Å². The van der Waals surface area contributed by atoms with Gasteiger partial charge in [0.1, 0.15) is 12.3 Å². The van der Waals surface area contributed by atoms with Crippen LogP contribution in [0.1, 0.15) is 18.7 Å². The number of hydrogen-bond acceptors (Lipinski definition) is 5. The van der Waals surface area contributed by atoms with E-state index in [1.807, 2.05) is 0 Å². The Bertz CT molecular complexity index is 549. The van der Waals surface area contributed by atoms with Crippen molar-refractivity contribution in [1.29, 1.82) is 0 Å². The second kappa shape index (κ2) is 4.68. The van der Waals surface area contributed by atoms with Gasteiger partial charge in [-0.25, -0.2) is 4.79 Å². The molecule has 0 radical (unpaired) electrons. The van der Waals surface area contributed by atoms with Crippen molar-refractivity contribution < 1.29 is 14.9 Å². The van der Waals surface area contributed by atoms with Crippen LogP contribution in [-0.4, -0.2) is 38.6 Å². The lowest BCUT2D eigenvalue weighted by molar-refractivity contribution is -0.0477. The van der Waals surface area contributed by atoms with Crippen molar-refractivity contribution in [2.75, 3.05) is 6.61 Å². The molecule has 1 fully saturated rings. The third kappa shape index (κ3) is 2.00. The van der Waals surface area contributed by atoms with Gasteiger partial charge >= 0.3 is 5.69 Å². The smallest absolute Gasteiger partial charge is 0.330 e. The molecule has 1 aliphatic rings. The van der Waals surface area contributed by atoms with Gasteiger partial charge in [0.15, 0.2) is 0 Å². The summed E-state index contributed by atoms with van der Waals surface area (Å²) in [5, 5.41) is 18.9. The van der Waals surface area contributed by atoms with E-state index in [4.69, 9.17) is 9.84 Å². The maximum absolute atomic E-state index is 11.7. The maximum Gasteiger partial charge on any atom is 0.330 e. The molecule has 0 aliphatic carbocycles.